The normalized spacial score (nSPS) is 17.2. The van der Waals surface area contributed by atoms with Gasteiger partial charge in [-0.3, -0.25) is 4.90 Å². The molecule has 1 fully saturated rings. The van der Waals surface area contributed by atoms with Crippen LogP contribution in [0.1, 0.15) is 30.2 Å². The Hall–Kier alpha value is -1.34. The highest BCUT2D eigenvalue weighted by Gasteiger charge is 2.28. The second kappa shape index (κ2) is 7.27. The van der Waals surface area contributed by atoms with E-state index in [2.05, 4.69) is 9.62 Å². The first-order valence-electron chi connectivity index (χ1n) is 8.00. The van der Waals surface area contributed by atoms with Gasteiger partial charge in [-0.25, -0.2) is 13.1 Å². The number of rotatable bonds is 6. The van der Waals surface area contributed by atoms with Crippen LogP contribution in [0.25, 0.3) is 0 Å². The van der Waals surface area contributed by atoms with Gasteiger partial charge in [0.15, 0.2) is 0 Å². The van der Waals surface area contributed by atoms with Crippen LogP contribution in [0, 0.1) is 6.92 Å². The maximum absolute atomic E-state index is 12.6. The third-order valence-electron chi connectivity index (χ3n) is 4.30. The Labute approximate surface area is 147 Å². The molecule has 24 heavy (non-hydrogen) atoms. The molecule has 1 atom stereocenters. The maximum atomic E-state index is 12.6. The van der Waals surface area contributed by atoms with Gasteiger partial charge in [-0.05, 0) is 62.7 Å². The van der Waals surface area contributed by atoms with Gasteiger partial charge in [0.1, 0.15) is 10.7 Å². The molecule has 1 saturated heterocycles. The van der Waals surface area contributed by atoms with E-state index < -0.39 is 10.0 Å². The fraction of sp³-hybridized carbons (Fsp3) is 0.412. The molecule has 2 aromatic rings. The smallest absolute Gasteiger partial charge is 0.242 e. The molecule has 1 N–H and O–H groups in total. The standard InChI is InChI=1S/C17H21ClN2O3S/c1-13-6-7-17(14(18)11-13)24(21,22)19-12-15(16-5-4-10-23-16)20-8-2-3-9-20/h4-7,10-11,15,19H,2-3,8-9,12H2,1H3/t15-/m1/s1. The Balaban J connectivity index is 1.78. The third kappa shape index (κ3) is 3.83. The number of benzene rings is 1. The summed E-state index contributed by atoms with van der Waals surface area (Å²) in [7, 11) is -3.67. The lowest BCUT2D eigenvalue weighted by Crippen LogP contribution is -2.36. The summed E-state index contributed by atoms with van der Waals surface area (Å²) >= 11 is 6.11. The molecule has 0 bridgehead atoms. The molecule has 0 spiro atoms. The lowest BCUT2D eigenvalue weighted by molar-refractivity contribution is 0.216. The Morgan fingerprint density at radius 3 is 2.67 bits per heavy atom. The maximum Gasteiger partial charge on any atom is 0.242 e. The van der Waals surface area contributed by atoms with E-state index in [-0.39, 0.29) is 22.5 Å². The van der Waals surface area contributed by atoms with Crippen LogP contribution in [0.3, 0.4) is 0 Å². The Kier molecular flexibility index (Phi) is 5.30. The summed E-state index contributed by atoms with van der Waals surface area (Å²) in [6, 6.07) is 8.53. The van der Waals surface area contributed by atoms with Crippen molar-refractivity contribution in [1.82, 2.24) is 9.62 Å². The summed E-state index contributed by atoms with van der Waals surface area (Å²) in [5, 5.41) is 0.234. The molecular formula is C17H21ClN2O3S. The molecule has 0 radical (unpaired) electrons. The van der Waals surface area contributed by atoms with Crippen molar-refractivity contribution in [3.63, 3.8) is 0 Å². The highest BCUT2D eigenvalue weighted by Crippen LogP contribution is 2.27. The summed E-state index contributed by atoms with van der Waals surface area (Å²) < 4.78 is 33.4. The molecule has 2 heterocycles. The highest BCUT2D eigenvalue weighted by atomic mass is 35.5. The summed E-state index contributed by atoms with van der Waals surface area (Å²) in [6.07, 6.45) is 3.85. The number of furan rings is 1. The van der Waals surface area contributed by atoms with E-state index in [0.717, 1.165) is 37.3 Å². The minimum Gasteiger partial charge on any atom is -0.468 e. The molecule has 5 nitrogen and oxygen atoms in total. The minimum absolute atomic E-state index is 0.106. The topological polar surface area (TPSA) is 62.6 Å². The van der Waals surface area contributed by atoms with Crippen molar-refractivity contribution >= 4 is 21.6 Å². The van der Waals surface area contributed by atoms with Gasteiger partial charge < -0.3 is 4.42 Å². The number of halogens is 1. The molecule has 0 unspecified atom stereocenters. The summed E-state index contributed by atoms with van der Waals surface area (Å²) in [6.45, 7) is 4.01. The van der Waals surface area contributed by atoms with Gasteiger partial charge in [0.05, 0.1) is 17.3 Å². The van der Waals surface area contributed by atoms with E-state index in [1.54, 1.807) is 18.4 Å². The van der Waals surface area contributed by atoms with Crippen LogP contribution in [-0.2, 0) is 10.0 Å². The lowest BCUT2D eigenvalue weighted by atomic mass is 10.2. The molecule has 1 aliphatic heterocycles. The second-order valence-corrected chi connectivity index (χ2v) is 8.20. The average molecular weight is 369 g/mol. The number of aryl methyl sites for hydroxylation is 1. The van der Waals surface area contributed by atoms with E-state index in [9.17, 15) is 8.42 Å². The zero-order valence-corrected chi connectivity index (χ0v) is 15.1. The molecule has 0 amide bonds. The predicted molar refractivity (Wildman–Crippen MR) is 93.6 cm³/mol. The van der Waals surface area contributed by atoms with Gasteiger partial charge in [0, 0.05) is 6.54 Å². The first-order chi connectivity index (χ1) is 11.5. The van der Waals surface area contributed by atoms with Crippen molar-refractivity contribution in [2.45, 2.75) is 30.7 Å². The molecule has 0 saturated carbocycles. The highest BCUT2D eigenvalue weighted by molar-refractivity contribution is 7.89. The molecule has 1 aromatic carbocycles. The number of nitrogens with zero attached hydrogens (tertiary/aromatic N) is 1. The summed E-state index contributed by atoms with van der Waals surface area (Å²) in [4.78, 5) is 2.35. The zero-order valence-electron chi connectivity index (χ0n) is 13.5. The van der Waals surface area contributed by atoms with E-state index in [1.807, 2.05) is 19.1 Å². The van der Waals surface area contributed by atoms with E-state index in [1.165, 1.54) is 6.07 Å². The molecule has 7 heteroatoms. The van der Waals surface area contributed by atoms with Gasteiger partial charge in [-0.15, -0.1) is 0 Å². The predicted octanol–water partition coefficient (Wildman–Crippen LogP) is 3.36. The van der Waals surface area contributed by atoms with Crippen molar-refractivity contribution in [1.29, 1.82) is 0 Å². The van der Waals surface area contributed by atoms with Crippen LogP contribution >= 0.6 is 11.6 Å². The number of hydrogen-bond acceptors (Lipinski definition) is 4. The minimum atomic E-state index is -3.67. The molecule has 1 aliphatic rings. The first-order valence-corrected chi connectivity index (χ1v) is 9.87. The SMILES string of the molecule is Cc1ccc(S(=O)(=O)NC[C@H](c2ccco2)N2CCCC2)c(Cl)c1. The lowest BCUT2D eigenvalue weighted by Gasteiger charge is -2.26. The van der Waals surface area contributed by atoms with Crippen molar-refractivity contribution in [2.24, 2.45) is 0 Å². The number of nitrogens with one attached hydrogen (secondary N) is 1. The van der Waals surface area contributed by atoms with Gasteiger partial charge in [0.25, 0.3) is 0 Å². The van der Waals surface area contributed by atoms with Crippen LogP contribution in [0.2, 0.25) is 5.02 Å². The van der Waals surface area contributed by atoms with Crippen molar-refractivity contribution < 1.29 is 12.8 Å². The van der Waals surface area contributed by atoms with Crippen molar-refractivity contribution in [3.8, 4) is 0 Å². The van der Waals surface area contributed by atoms with Crippen molar-refractivity contribution in [2.75, 3.05) is 19.6 Å². The van der Waals surface area contributed by atoms with E-state index in [0.29, 0.717) is 0 Å². The Bertz CT molecular complexity index is 784. The van der Waals surface area contributed by atoms with E-state index >= 15 is 0 Å². The van der Waals surface area contributed by atoms with Crippen molar-refractivity contribution in [3.05, 3.63) is 52.9 Å². The van der Waals surface area contributed by atoms with Crippen LogP contribution in [-0.4, -0.2) is 33.0 Å². The van der Waals surface area contributed by atoms with Gasteiger partial charge in [-0.2, -0.15) is 0 Å². The van der Waals surface area contributed by atoms with Gasteiger partial charge >= 0.3 is 0 Å². The number of hydrogen-bond donors (Lipinski definition) is 1. The Morgan fingerprint density at radius 1 is 1.29 bits per heavy atom. The average Bonchev–Trinajstić information content (AvgIpc) is 3.20. The van der Waals surface area contributed by atoms with Crippen LogP contribution in [0.4, 0.5) is 0 Å². The molecular weight excluding hydrogens is 348 g/mol. The molecule has 3 rings (SSSR count). The summed E-state index contributed by atoms with van der Waals surface area (Å²) in [5.41, 5.74) is 0.921. The van der Waals surface area contributed by atoms with Crippen LogP contribution in [0.15, 0.2) is 45.9 Å². The molecule has 0 aliphatic carbocycles. The van der Waals surface area contributed by atoms with Gasteiger partial charge in [0.2, 0.25) is 10.0 Å². The summed E-state index contributed by atoms with van der Waals surface area (Å²) in [5.74, 6) is 0.773. The van der Waals surface area contributed by atoms with Crippen LogP contribution < -0.4 is 4.72 Å². The third-order valence-corrected chi connectivity index (χ3v) is 6.20. The monoisotopic (exact) mass is 368 g/mol. The fourth-order valence-electron chi connectivity index (χ4n) is 3.03. The Morgan fingerprint density at radius 2 is 2.04 bits per heavy atom. The zero-order chi connectivity index (χ0) is 17.2. The van der Waals surface area contributed by atoms with E-state index in [4.69, 9.17) is 16.0 Å². The quantitative estimate of drug-likeness (QED) is 0.849. The number of sulfonamides is 1. The number of likely N-dealkylation sites (tertiary alicyclic amines) is 1. The molecule has 130 valence electrons. The van der Waals surface area contributed by atoms with Gasteiger partial charge in [-0.1, -0.05) is 17.7 Å². The largest absolute Gasteiger partial charge is 0.468 e. The molecule has 1 aromatic heterocycles. The van der Waals surface area contributed by atoms with Crippen LogP contribution in [0.5, 0.6) is 0 Å². The second-order valence-electron chi connectivity index (χ2n) is 6.06. The first kappa shape index (κ1) is 17.5. The fourth-order valence-corrected chi connectivity index (χ4v) is 4.67.